The van der Waals surface area contributed by atoms with Crippen LogP contribution in [0.15, 0.2) is 60.8 Å². The van der Waals surface area contributed by atoms with Crippen LogP contribution in [0.25, 0.3) is 0 Å². The minimum Gasteiger partial charge on any atom is -0.465 e. The fraction of sp³-hybridized carbons (Fsp3) is 0.136. The zero-order chi connectivity index (χ0) is 20.1. The highest BCUT2D eigenvalue weighted by atomic mass is 16.5. The summed E-state index contributed by atoms with van der Waals surface area (Å²) in [4.78, 5) is 28.6. The molecule has 0 radical (unpaired) electrons. The first-order chi connectivity index (χ1) is 13.5. The Morgan fingerprint density at radius 3 is 2.43 bits per heavy atom. The number of aryl methyl sites for hydroxylation is 2. The summed E-state index contributed by atoms with van der Waals surface area (Å²) in [6.07, 6.45) is 1.56. The first-order valence-corrected chi connectivity index (χ1v) is 8.77. The number of anilines is 3. The molecule has 0 spiro atoms. The summed E-state index contributed by atoms with van der Waals surface area (Å²) in [5.41, 5.74) is 4.94. The van der Waals surface area contributed by atoms with E-state index in [9.17, 15) is 9.59 Å². The number of aromatic nitrogens is 1. The van der Waals surface area contributed by atoms with E-state index in [0.29, 0.717) is 5.69 Å². The monoisotopic (exact) mass is 375 g/mol. The predicted octanol–water partition coefficient (Wildman–Crippen LogP) is 4.48. The molecule has 1 aromatic heterocycles. The molecule has 2 aromatic carbocycles. The Hall–Kier alpha value is -3.67. The molecule has 142 valence electrons. The van der Waals surface area contributed by atoms with Gasteiger partial charge in [0.05, 0.1) is 18.4 Å². The predicted molar refractivity (Wildman–Crippen MR) is 109 cm³/mol. The van der Waals surface area contributed by atoms with Gasteiger partial charge in [-0.15, -0.1) is 0 Å². The Balaban J connectivity index is 1.79. The van der Waals surface area contributed by atoms with E-state index in [1.165, 1.54) is 18.2 Å². The van der Waals surface area contributed by atoms with Crippen LogP contribution >= 0.6 is 0 Å². The number of ether oxygens (including phenoxy) is 1. The number of rotatable bonds is 5. The molecule has 0 aliphatic rings. The first kappa shape index (κ1) is 19.1. The van der Waals surface area contributed by atoms with Crippen molar-refractivity contribution in [1.82, 2.24) is 4.98 Å². The fourth-order valence-electron chi connectivity index (χ4n) is 2.68. The Morgan fingerprint density at radius 2 is 1.68 bits per heavy atom. The van der Waals surface area contributed by atoms with Crippen LogP contribution in [0.4, 0.5) is 17.1 Å². The number of carbonyl (C=O) groups excluding carboxylic acids is 2. The van der Waals surface area contributed by atoms with Crippen LogP contribution < -0.4 is 10.6 Å². The molecule has 3 rings (SSSR count). The van der Waals surface area contributed by atoms with Crippen molar-refractivity contribution in [2.75, 3.05) is 17.7 Å². The lowest BCUT2D eigenvalue weighted by Crippen LogP contribution is -2.16. The third-order valence-corrected chi connectivity index (χ3v) is 4.37. The first-order valence-electron chi connectivity index (χ1n) is 8.77. The summed E-state index contributed by atoms with van der Waals surface area (Å²) in [6, 6.07) is 16.2. The lowest BCUT2D eigenvalue weighted by Gasteiger charge is -2.11. The number of hydrogen-bond acceptors (Lipinski definition) is 5. The molecular formula is C22H21N3O3. The maximum Gasteiger partial charge on any atom is 0.339 e. The number of esters is 1. The van der Waals surface area contributed by atoms with Gasteiger partial charge < -0.3 is 15.4 Å². The van der Waals surface area contributed by atoms with Crippen LogP contribution in [0, 0.1) is 13.8 Å². The van der Waals surface area contributed by atoms with Crippen molar-refractivity contribution in [2.45, 2.75) is 13.8 Å². The number of carbonyl (C=O) groups is 2. The second-order valence-electron chi connectivity index (χ2n) is 6.35. The Morgan fingerprint density at radius 1 is 0.929 bits per heavy atom. The Labute approximate surface area is 163 Å². The number of amides is 1. The van der Waals surface area contributed by atoms with Gasteiger partial charge in [-0.25, -0.2) is 4.79 Å². The molecular weight excluding hydrogens is 354 g/mol. The molecule has 0 saturated carbocycles. The number of nitrogens with one attached hydrogen (secondary N) is 2. The van der Waals surface area contributed by atoms with E-state index in [-0.39, 0.29) is 11.3 Å². The summed E-state index contributed by atoms with van der Waals surface area (Å²) >= 11 is 0. The average molecular weight is 375 g/mol. The van der Waals surface area contributed by atoms with Crippen molar-refractivity contribution in [1.29, 1.82) is 0 Å². The summed E-state index contributed by atoms with van der Waals surface area (Å²) in [5, 5.41) is 6.00. The van der Waals surface area contributed by atoms with E-state index in [4.69, 9.17) is 4.74 Å². The van der Waals surface area contributed by atoms with Crippen LogP contribution in [0.1, 0.15) is 32.0 Å². The standard InChI is InChI=1S/C22H21N3O3/c1-14-8-9-16(12-15(14)2)24-17-10-11-23-20(13-17)21(26)25-19-7-5-4-6-18(19)22(27)28-3/h4-13H,1-3H3,(H,23,24)(H,25,26). The summed E-state index contributed by atoms with van der Waals surface area (Å²) in [5.74, 6) is -0.936. The quantitative estimate of drug-likeness (QED) is 0.643. The van der Waals surface area contributed by atoms with E-state index < -0.39 is 11.9 Å². The molecule has 0 saturated heterocycles. The van der Waals surface area contributed by atoms with E-state index in [2.05, 4.69) is 22.5 Å². The molecule has 3 aromatic rings. The van der Waals surface area contributed by atoms with E-state index in [1.54, 1.807) is 42.6 Å². The van der Waals surface area contributed by atoms with Gasteiger partial charge in [-0.05, 0) is 61.4 Å². The molecule has 0 unspecified atom stereocenters. The number of methoxy groups -OCH3 is 1. The topological polar surface area (TPSA) is 80.3 Å². The van der Waals surface area contributed by atoms with Gasteiger partial charge in [-0.2, -0.15) is 0 Å². The molecule has 28 heavy (non-hydrogen) atoms. The SMILES string of the molecule is COC(=O)c1ccccc1NC(=O)c1cc(Nc2ccc(C)c(C)c2)ccn1. The molecule has 1 amide bonds. The van der Waals surface area contributed by atoms with Gasteiger partial charge in [0, 0.05) is 17.6 Å². The van der Waals surface area contributed by atoms with Crippen LogP contribution in [0.5, 0.6) is 0 Å². The molecule has 0 fully saturated rings. The highest BCUT2D eigenvalue weighted by molar-refractivity contribution is 6.07. The van der Waals surface area contributed by atoms with Gasteiger partial charge in [-0.3, -0.25) is 9.78 Å². The maximum atomic E-state index is 12.6. The van der Waals surface area contributed by atoms with Crippen molar-refractivity contribution >= 4 is 28.9 Å². The molecule has 0 aliphatic heterocycles. The summed E-state index contributed by atoms with van der Waals surface area (Å²) < 4.78 is 4.75. The third-order valence-electron chi connectivity index (χ3n) is 4.37. The minimum absolute atomic E-state index is 0.230. The molecule has 1 heterocycles. The van der Waals surface area contributed by atoms with E-state index in [1.807, 2.05) is 25.1 Å². The van der Waals surface area contributed by atoms with Gasteiger partial charge >= 0.3 is 5.97 Å². The lowest BCUT2D eigenvalue weighted by molar-refractivity contribution is 0.0602. The Kier molecular flexibility index (Phi) is 5.69. The normalized spacial score (nSPS) is 10.2. The molecule has 0 atom stereocenters. The second kappa shape index (κ2) is 8.35. The van der Waals surface area contributed by atoms with Crippen LogP contribution in [-0.4, -0.2) is 24.0 Å². The van der Waals surface area contributed by atoms with Gasteiger partial charge in [-0.1, -0.05) is 18.2 Å². The molecule has 6 heteroatoms. The van der Waals surface area contributed by atoms with Crippen molar-refractivity contribution < 1.29 is 14.3 Å². The number of benzene rings is 2. The second-order valence-corrected chi connectivity index (χ2v) is 6.35. The fourth-order valence-corrected chi connectivity index (χ4v) is 2.68. The van der Waals surface area contributed by atoms with Crippen molar-refractivity contribution in [3.05, 3.63) is 83.2 Å². The van der Waals surface area contributed by atoms with Gasteiger partial charge in [0.2, 0.25) is 0 Å². The molecule has 0 aliphatic carbocycles. The number of nitrogens with zero attached hydrogens (tertiary/aromatic N) is 1. The van der Waals surface area contributed by atoms with Crippen LogP contribution in [0.2, 0.25) is 0 Å². The lowest BCUT2D eigenvalue weighted by atomic mass is 10.1. The van der Waals surface area contributed by atoms with E-state index >= 15 is 0 Å². The minimum atomic E-state index is -0.519. The smallest absolute Gasteiger partial charge is 0.339 e. The van der Waals surface area contributed by atoms with E-state index in [0.717, 1.165) is 11.4 Å². The van der Waals surface area contributed by atoms with Gasteiger partial charge in [0.1, 0.15) is 5.69 Å². The van der Waals surface area contributed by atoms with Crippen LogP contribution in [0.3, 0.4) is 0 Å². The maximum absolute atomic E-state index is 12.6. The van der Waals surface area contributed by atoms with Gasteiger partial charge in [0.15, 0.2) is 0 Å². The number of para-hydroxylation sites is 1. The van der Waals surface area contributed by atoms with Crippen LogP contribution in [-0.2, 0) is 4.74 Å². The highest BCUT2D eigenvalue weighted by Gasteiger charge is 2.15. The van der Waals surface area contributed by atoms with Gasteiger partial charge in [0.25, 0.3) is 5.91 Å². The Bertz CT molecular complexity index is 1030. The van der Waals surface area contributed by atoms with Crippen molar-refractivity contribution in [2.24, 2.45) is 0 Å². The van der Waals surface area contributed by atoms with Crippen molar-refractivity contribution in [3.63, 3.8) is 0 Å². The van der Waals surface area contributed by atoms with Crippen molar-refractivity contribution in [3.8, 4) is 0 Å². The third kappa shape index (κ3) is 4.35. The summed E-state index contributed by atoms with van der Waals surface area (Å²) in [7, 11) is 1.30. The zero-order valence-electron chi connectivity index (χ0n) is 15.9. The molecule has 0 bridgehead atoms. The molecule has 2 N–H and O–H groups in total. The average Bonchev–Trinajstić information content (AvgIpc) is 2.71. The largest absolute Gasteiger partial charge is 0.465 e. The number of pyridine rings is 1. The summed E-state index contributed by atoms with van der Waals surface area (Å²) in [6.45, 7) is 4.10. The highest BCUT2D eigenvalue weighted by Crippen LogP contribution is 2.21. The number of hydrogen-bond donors (Lipinski definition) is 2. The zero-order valence-corrected chi connectivity index (χ0v) is 15.9. The molecule has 6 nitrogen and oxygen atoms in total.